The minimum absolute atomic E-state index is 0.0310. The third-order valence-corrected chi connectivity index (χ3v) is 3.32. The van der Waals surface area contributed by atoms with Crippen LogP contribution in [0.1, 0.15) is 23.2 Å². The fraction of sp³-hybridized carbons (Fsp3) is 0.333. The summed E-state index contributed by atoms with van der Waals surface area (Å²) in [7, 11) is 1.17. The van der Waals surface area contributed by atoms with Crippen molar-refractivity contribution in [3.8, 4) is 0 Å². The average molecular weight is 316 g/mol. The van der Waals surface area contributed by atoms with E-state index in [1.807, 2.05) is 0 Å². The van der Waals surface area contributed by atoms with Crippen LogP contribution in [-0.2, 0) is 9.53 Å². The Hall–Kier alpha value is -1.43. The zero-order chi connectivity index (χ0) is 13.3. The number of nitrogens with one attached hydrogen (secondary N) is 1. The highest BCUT2D eigenvalue weighted by molar-refractivity contribution is 9.10. The van der Waals surface area contributed by atoms with Crippen molar-refractivity contribution in [1.29, 1.82) is 0 Å². The summed E-state index contributed by atoms with van der Waals surface area (Å²) in [6.07, 6.45) is 1.74. The maximum absolute atomic E-state index is 13.5. The fourth-order valence-corrected chi connectivity index (χ4v) is 1.91. The molecular formula is C12H11BrFNO3. The number of benzene rings is 1. The molecule has 0 aromatic heterocycles. The molecule has 1 amide bonds. The second-order valence-corrected chi connectivity index (χ2v) is 4.92. The first kappa shape index (κ1) is 13.0. The Morgan fingerprint density at radius 2 is 2.11 bits per heavy atom. The van der Waals surface area contributed by atoms with E-state index in [1.165, 1.54) is 13.2 Å². The highest BCUT2D eigenvalue weighted by Crippen LogP contribution is 2.32. The van der Waals surface area contributed by atoms with Crippen molar-refractivity contribution >= 4 is 33.5 Å². The summed E-state index contributed by atoms with van der Waals surface area (Å²) < 4.78 is 18.4. The third kappa shape index (κ3) is 2.69. The summed E-state index contributed by atoms with van der Waals surface area (Å²) in [6.45, 7) is 0. The molecule has 2 rings (SSSR count). The van der Waals surface area contributed by atoms with Gasteiger partial charge in [0, 0.05) is 10.4 Å². The summed E-state index contributed by atoms with van der Waals surface area (Å²) in [4.78, 5) is 23.0. The maximum atomic E-state index is 13.5. The number of ether oxygens (including phenoxy) is 1. The molecule has 0 aliphatic heterocycles. The summed E-state index contributed by atoms with van der Waals surface area (Å²) in [6, 6.07) is 2.40. The molecule has 0 bridgehead atoms. The number of halogens is 2. The van der Waals surface area contributed by atoms with Crippen LogP contribution >= 0.6 is 15.9 Å². The lowest BCUT2D eigenvalue weighted by molar-refractivity contribution is -0.117. The Bertz CT molecular complexity index is 514. The number of esters is 1. The first-order valence-corrected chi connectivity index (χ1v) is 6.20. The monoisotopic (exact) mass is 315 g/mol. The van der Waals surface area contributed by atoms with E-state index in [4.69, 9.17) is 0 Å². The Morgan fingerprint density at radius 1 is 1.44 bits per heavy atom. The first-order valence-electron chi connectivity index (χ1n) is 5.41. The molecule has 0 unspecified atom stereocenters. The number of carbonyl (C=O) groups excluding carboxylic acids is 2. The zero-order valence-electron chi connectivity index (χ0n) is 9.63. The number of amides is 1. The summed E-state index contributed by atoms with van der Waals surface area (Å²) in [5.74, 6) is -1.55. The number of hydrogen-bond acceptors (Lipinski definition) is 3. The van der Waals surface area contributed by atoms with Gasteiger partial charge in [-0.25, -0.2) is 9.18 Å². The van der Waals surface area contributed by atoms with Crippen molar-refractivity contribution < 1.29 is 18.7 Å². The molecule has 1 aliphatic carbocycles. The number of rotatable bonds is 3. The third-order valence-electron chi connectivity index (χ3n) is 2.67. The zero-order valence-corrected chi connectivity index (χ0v) is 11.2. The van der Waals surface area contributed by atoms with E-state index in [9.17, 15) is 14.0 Å². The van der Waals surface area contributed by atoms with Gasteiger partial charge in [0.15, 0.2) is 0 Å². The number of hydrogen-bond donors (Lipinski definition) is 1. The lowest BCUT2D eigenvalue weighted by Crippen LogP contribution is -2.15. The van der Waals surface area contributed by atoms with Crippen LogP contribution in [0, 0.1) is 11.7 Å². The summed E-state index contributed by atoms with van der Waals surface area (Å²) >= 11 is 3.14. The van der Waals surface area contributed by atoms with Gasteiger partial charge in [-0.05, 0) is 40.9 Å². The smallest absolute Gasteiger partial charge is 0.340 e. The van der Waals surface area contributed by atoms with Crippen LogP contribution in [0.5, 0.6) is 0 Å². The molecule has 4 nitrogen and oxygen atoms in total. The highest BCUT2D eigenvalue weighted by atomic mass is 79.9. The van der Waals surface area contributed by atoms with Crippen LogP contribution in [0.3, 0.4) is 0 Å². The van der Waals surface area contributed by atoms with Crippen LogP contribution < -0.4 is 5.32 Å². The molecule has 0 heterocycles. The van der Waals surface area contributed by atoms with E-state index < -0.39 is 11.8 Å². The van der Waals surface area contributed by atoms with Crippen molar-refractivity contribution in [2.75, 3.05) is 12.4 Å². The van der Waals surface area contributed by atoms with Crippen LogP contribution in [0.4, 0.5) is 10.1 Å². The van der Waals surface area contributed by atoms with Gasteiger partial charge < -0.3 is 10.1 Å². The molecule has 1 aliphatic rings. The standard InChI is InChI=1S/C12H11BrFNO3/c1-18-12(17)7-4-10(8(13)5-9(7)14)15-11(16)6-2-3-6/h4-6H,2-3H2,1H3,(H,15,16). The van der Waals surface area contributed by atoms with Crippen molar-refractivity contribution in [3.05, 3.63) is 28.0 Å². The van der Waals surface area contributed by atoms with Crippen LogP contribution in [-0.4, -0.2) is 19.0 Å². The van der Waals surface area contributed by atoms with Gasteiger partial charge >= 0.3 is 5.97 Å². The van der Waals surface area contributed by atoms with Crippen LogP contribution in [0.15, 0.2) is 16.6 Å². The predicted molar refractivity (Wildman–Crippen MR) is 66.8 cm³/mol. The molecule has 96 valence electrons. The molecule has 1 saturated carbocycles. The number of methoxy groups -OCH3 is 1. The molecule has 1 fully saturated rings. The Kier molecular flexibility index (Phi) is 3.65. The Balaban J connectivity index is 2.28. The lowest BCUT2D eigenvalue weighted by atomic mass is 10.2. The number of carbonyl (C=O) groups is 2. The first-order chi connectivity index (χ1) is 8.52. The van der Waals surface area contributed by atoms with Crippen molar-refractivity contribution in [1.82, 2.24) is 0 Å². The van der Waals surface area contributed by atoms with Gasteiger partial charge in [0.25, 0.3) is 0 Å². The largest absolute Gasteiger partial charge is 0.465 e. The van der Waals surface area contributed by atoms with Gasteiger partial charge in [0.2, 0.25) is 5.91 Å². The van der Waals surface area contributed by atoms with E-state index >= 15 is 0 Å². The molecule has 6 heteroatoms. The topological polar surface area (TPSA) is 55.4 Å². The normalized spacial score (nSPS) is 14.2. The van der Waals surface area contributed by atoms with Gasteiger partial charge in [0.1, 0.15) is 5.82 Å². The van der Waals surface area contributed by atoms with Gasteiger partial charge in [-0.15, -0.1) is 0 Å². The van der Waals surface area contributed by atoms with Gasteiger partial charge in [-0.2, -0.15) is 0 Å². The second kappa shape index (κ2) is 5.06. The average Bonchev–Trinajstić information content (AvgIpc) is 3.15. The van der Waals surface area contributed by atoms with E-state index in [0.717, 1.165) is 18.9 Å². The molecule has 1 aromatic carbocycles. The van der Waals surface area contributed by atoms with Gasteiger partial charge in [0.05, 0.1) is 18.4 Å². The predicted octanol–water partition coefficient (Wildman–Crippen LogP) is 2.72. The molecular weight excluding hydrogens is 305 g/mol. The molecule has 1 N–H and O–H groups in total. The van der Waals surface area contributed by atoms with Crippen LogP contribution in [0.25, 0.3) is 0 Å². The Morgan fingerprint density at radius 3 is 2.67 bits per heavy atom. The second-order valence-electron chi connectivity index (χ2n) is 4.07. The lowest BCUT2D eigenvalue weighted by Gasteiger charge is -2.09. The quantitative estimate of drug-likeness (QED) is 0.873. The molecule has 1 aromatic rings. The highest BCUT2D eigenvalue weighted by Gasteiger charge is 2.30. The van der Waals surface area contributed by atoms with Gasteiger partial charge in [-0.3, -0.25) is 4.79 Å². The van der Waals surface area contributed by atoms with Crippen LogP contribution in [0.2, 0.25) is 0 Å². The fourth-order valence-electron chi connectivity index (χ4n) is 1.49. The number of anilines is 1. The molecule has 0 saturated heterocycles. The van der Waals surface area contributed by atoms with Gasteiger partial charge in [-0.1, -0.05) is 0 Å². The summed E-state index contributed by atoms with van der Waals surface area (Å²) in [5.41, 5.74) is 0.167. The molecule has 18 heavy (non-hydrogen) atoms. The Labute approximate surface area is 112 Å². The van der Waals surface area contributed by atoms with Crippen molar-refractivity contribution in [3.63, 3.8) is 0 Å². The molecule has 0 radical (unpaired) electrons. The SMILES string of the molecule is COC(=O)c1cc(NC(=O)C2CC2)c(Br)cc1F. The minimum Gasteiger partial charge on any atom is -0.465 e. The van der Waals surface area contributed by atoms with Crippen molar-refractivity contribution in [2.45, 2.75) is 12.8 Å². The van der Waals surface area contributed by atoms with E-state index in [0.29, 0.717) is 10.2 Å². The molecule has 0 spiro atoms. The maximum Gasteiger partial charge on any atom is 0.340 e. The van der Waals surface area contributed by atoms with E-state index in [1.54, 1.807) is 0 Å². The minimum atomic E-state index is -0.776. The van der Waals surface area contributed by atoms with E-state index in [-0.39, 0.29) is 17.4 Å². The molecule has 0 atom stereocenters. The van der Waals surface area contributed by atoms with E-state index in [2.05, 4.69) is 26.0 Å². The summed E-state index contributed by atoms with van der Waals surface area (Å²) in [5, 5.41) is 2.66. The van der Waals surface area contributed by atoms with Crippen molar-refractivity contribution in [2.24, 2.45) is 5.92 Å².